The van der Waals surface area contributed by atoms with Crippen LogP contribution >= 0.6 is 0 Å². The number of benzene rings is 3. The zero-order chi connectivity index (χ0) is 29.0. The standard InChI is InChI=1S/C36H45F3O2/c1-3-5-7-8-9-11-23-40-34-22-21-32(35(38)36(34)39)27-15-13-26(14-16-27)31-20-18-28(24-33(31)37)29-17-19-30(41-25-29)12-10-6-4-2/h13-16,18,20-22,24,29-30H,3-12,17,19,23,25H2,1-2H3. The van der Waals surface area contributed by atoms with Crippen LogP contribution in [-0.2, 0) is 4.74 Å². The van der Waals surface area contributed by atoms with Gasteiger partial charge in [0.05, 0.1) is 19.3 Å². The van der Waals surface area contributed by atoms with Crippen molar-refractivity contribution < 1.29 is 22.6 Å². The number of ether oxygens (including phenoxy) is 2. The minimum Gasteiger partial charge on any atom is -0.490 e. The highest BCUT2D eigenvalue weighted by Crippen LogP contribution is 2.35. The summed E-state index contributed by atoms with van der Waals surface area (Å²) in [6.45, 7) is 5.38. The molecule has 222 valence electrons. The van der Waals surface area contributed by atoms with Crippen LogP contribution in [0.2, 0.25) is 0 Å². The van der Waals surface area contributed by atoms with Crippen LogP contribution in [0.25, 0.3) is 22.3 Å². The summed E-state index contributed by atoms with van der Waals surface area (Å²) >= 11 is 0. The van der Waals surface area contributed by atoms with Crippen LogP contribution in [0.1, 0.15) is 102 Å². The SMILES string of the molecule is CCCCCCCCOc1ccc(-c2ccc(-c3ccc(C4CCC(CCCCC)OC4)cc3F)cc2)c(F)c1F. The van der Waals surface area contributed by atoms with Gasteiger partial charge in [-0.3, -0.25) is 0 Å². The molecule has 0 aromatic heterocycles. The molecular formula is C36H45F3O2. The smallest absolute Gasteiger partial charge is 0.201 e. The highest BCUT2D eigenvalue weighted by molar-refractivity contribution is 5.71. The van der Waals surface area contributed by atoms with Gasteiger partial charge >= 0.3 is 0 Å². The Kier molecular flexibility index (Phi) is 12.2. The third-order valence-electron chi connectivity index (χ3n) is 8.27. The van der Waals surface area contributed by atoms with Crippen molar-refractivity contribution in [3.8, 4) is 28.0 Å². The van der Waals surface area contributed by atoms with Gasteiger partial charge in [-0.1, -0.05) is 102 Å². The van der Waals surface area contributed by atoms with E-state index in [9.17, 15) is 8.78 Å². The van der Waals surface area contributed by atoms with Crippen LogP contribution in [-0.4, -0.2) is 19.3 Å². The van der Waals surface area contributed by atoms with Crippen molar-refractivity contribution in [3.05, 3.63) is 77.6 Å². The van der Waals surface area contributed by atoms with E-state index in [1.54, 1.807) is 36.4 Å². The largest absolute Gasteiger partial charge is 0.490 e. The molecule has 2 nitrogen and oxygen atoms in total. The van der Waals surface area contributed by atoms with Gasteiger partial charge in [0.2, 0.25) is 5.82 Å². The average molecular weight is 567 g/mol. The van der Waals surface area contributed by atoms with Crippen LogP contribution in [0, 0.1) is 17.5 Å². The molecule has 0 spiro atoms. The van der Waals surface area contributed by atoms with Crippen molar-refractivity contribution >= 4 is 0 Å². The molecule has 0 radical (unpaired) electrons. The number of unbranched alkanes of at least 4 members (excludes halogenated alkanes) is 7. The molecule has 3 aromatic carbocycles. The summed E-state index contributed by atoms with van der Waals surface area (Å²) in [7, 11) is 0. The Morgan fingerprint density at radius 1 is 0.707 bits per heavy atom. The number of halogens is 3. The molecule has 1 aliphatic heterocycles. The molecule has 0 amide bonds. The van der Waals surface area contributed by atoms with Crippen molar-refractivity contribution in [1.29, 1.82) is 0 Å². The third-order valence-corrected chi connectivity index (χ3v) is 8.27. The van der Waals surface area contributed by atoms with E-state index in [-0.39, 0.29) is 23.0 Å². The average Bonchev–Trinajstić information content (AvgIpc) is 2.99. The number of hydrogen-bond donors (Lipinski definition) is 0. The second kappa shape index (κ2) is 16.0. The molecule has 1 fully saturated rings. The van der Waals surface area contributed by atoms with Crippen molar-refractivity contribution in [2.45, 2.75) is 103 Å². The maximum absolute atomic E-state index is 15.2. The van der Waals surface area contributed by atoms with Gasteiger partial charge in [-0.15, -0.1) is 0 Å². The van der Waals surface area contributed by atoms with E-state index in [1.165, 1.54) is 44.6 Å². The minimum atomic E-state index is -0.974. The zero-order valence-corrected chi connectivity index (χ0v) is 24.7. The Hall–Kier alpha value is -2.79. The highest BCUT2D eigenvalue weighted by Gasteiger charge is 2.23. The van der Waals surface area contributed by atoms with Crippen LogP contribution in [0.3, 0.4) is 0 Å². The van der Waals surface area contributed by atoms with Crippen LogP contribution in [0.5, 0.6) is 5.75 Å². The summed E-state index contributed by atoms with van der Waals surface area (Å²) in [5.41, 5.74) is 2.82. The first-order valence-corrected chi connectivity index (χ1v) is 15.6. The van der Waals surface area contributed by atoms with Gasteiger partial charge in [0.15, 0.2) is 11.6 Å². The van der Waals surface area contributed by atoms with Gasteiger partial charge in [-0.05, 0) is 60.6 Å². The molecule has 2 atom stereocenters. The van der Waals surface area contributed by atoms with Crippen LogP contribution in [0.15, 0.2) is 54.6 Å². The maximum atomic E-state index is 15.2. The Balaban J connectivity index is 1.35. The minimum absolute atomic E-state index is 0.0611. The third kappa shape index (κ3) is 8.61. The Bertz CT molecular complexity index is 1220. The first-order chi connectivity index (χ1) is 20.0. The molecule has 4 rings (SSSR count). The van der Waals surface area contributed by atoms with E-state index in [4.69, 9.17) is 9.47 Å². The maximum Gasteiger partial charge on any atom is 0.201 e. The van der Waals surface area contributed by atoms with E-state index in [2.05, 4.69) is 13.8 Å². The first kappa shape index (κ1) is 31.2. The molecule has 41 heavy (non-hydrogen) atoms. The Morgan fingerprint density at radius 2 is 1.37 bits per heavy atom. The fraction of sp³-hybridized carbons (Fsp3) is 0.500. The molecule has 5 heteroatoms. The van der Waals surface area contributed by atoms with E-state index in [0.29, 0.717) is 36.0 Å². The normalized spacial score (nSPS) is 17.1. The lowest BCUT2D eigenvalue weighted by molar-refractivity contribution is -0.00211. The molecule has 0 N–H and O–H groups in total. The topological polar surface area (TPSA) is 18.5 Å². The fourth-order valence-corrected chi connectivity index (χ4v) is 5.70. The van der Waals surface area contributed by atoms with Crippen molar-refractivity contribution in [2.24, 2.45) is 0 Å². The Morgan fingerprint density at radius 3 is 2.05 bits per heavy atom. The second-order valence-electron chi connectivity index (χ2n) is 11.4. The second-order valence-corrected chi connectivity index (χ2v) is 11.4. The van der Waals surface area contributed by atoms with Crippen LogP contribution < -0.4 is 4.74 Å². The molecule has 0 bridgehead atoms. The molecule has 1 saturated heterocycles. The highest BCUT2D eigenvalue weighted by atomic mass is 19.2. The van der Waals surface area contributed by atoms with Crippen LogP contribution in [0.4, 0.5) is 13.2 Å². The molecule has 1 heterocycles. The van der Waals surface area contributed by atoms with E-state index >= 15 is 4.39 Å². The van der Waals surface area contributed by atoms with Gasteiger partial charge in [0, 0.05) is 17.0 Å². The fourth-order valence-electron chi connectivity index (χ4n) is 5.70. The lowest BCUT2D eigenvalue weighted by Gasteiger charge is -2.29. The van der Waals surface area contributed by atoms with Gasteiger partial charge in [-0.25, -0.2) is 8.78 Å². The predicted octanol–water partition coefficient (Wildman–Crippen LogP) is 11.0. The molecule has 0 aliphatic carbocycles. The quantitative estimate of drug-likeness (QED) is 0.170. The van der Waals surface area contributed by atoms with Crippen molar-refractivity contribution in [1.82, 2.24) is 0 Å². The van der Waals surface area contributed by atoms with E-state index < -0.39 is 11.6 Å². The molecule has 2 unspecified atom stereocenters. The van der Waals surface area contributed by atoms with E-state index in [1.807, 2.05) is 12.1 Å². The van der Waals surface area contributed by atoms with Crippen molar-refractivity contribution in [3.63, 3.8) is 0 Å². The number of rotatable bonds is 15. The molecule has 3 aromatic rings. The van der Waals surface area contributed by atoms with Crippen molar-refractivity contribution in [2.75, 3.05) is 13.2 Å². The monoisotopic (exact) mass is 566 g/mol. The first-order valence-electron chi connectivity index (χ1n) is 15.6. The van der Waals surface area contributed by atoms with Gasteiger partial charge < -0.3 is 9.47 Å². The van der Waals surface area contributed by atoms with Gasteiger partial charge in [0.25, 0.3) is 0 Å². The lowest BCUT2D eigenvalue weighted by Crippen LogP contribution is -2.24. The lowest BCUT2D eigenvalue weighted by atomic mass is 9.89. The molecule has 0 saturated carbocycles. The number of hydrogen-bond acceptors (Lipinski definition) is 2. The summed E-state index contributed by atoms with van der Waals surface area (Å²) < 4.78 is 56.5. The van der Waals surface area contributed by atoms with E-state index in [0.717, 1.165) is 44.1 Å². The zero-order valence-electron chi connectivity index (χ0n) is 24.7. The summed E-state index contributed by atoms with van der Waals surface area (Å²) in [6, 6.07) is 15.3. The summed E-state index contributed by atoms with van der Waals surface area (Å²) in [5, 5.41) is 0. The summed E-state index contributed by atoms with van der Waals surface area (Å²) in [4.78, 5) is 0. The van der Waals surface area contributed by atoms with Gasteiger partial charge in [-0.2, -0.15) is 4.39 Å². The Labute approximate surface area is 244 Å². The molecular weight excluding hydrogens is 521 g/mol. The predicted molar refractivity (Wildman–Crippen MR) is 162 cm³/mol. The summed E-state index contributed by atoms with van der Waals surface area (Å²) in [5.74, 6) is -2.05. The van der Waals surface area contributed by atoms with Gasteiger partial charge in [0.1, 0.15) is 5.82 Å². The molecule has 1 aliphatic rings. The summed E-state index contributed by atoms with van der Waals surface area (Å²) in [6.07, 6.45) is 13.7.